The van der Waals surface area contributed by atoms with Gasteiger partial charge in [-0.1, -0.05) is 85.3 Å². The Morgan fingerprint density at radius 1 is 0.939 bits per heavy atom. The maximum atomic E-state index is 14.1. The molecular formula is C40H38ClN3O5. The average molecular weight is 676 g/mol. The first kappa shape index (κ1) is 32.8. The lowest BCUT2D eigenvalue weighted by Crippen LogP contribution is -2.46. The highest BCUT2D eigenvalue weighted by molar-refractivity contribution is 6.31. The number of hydrogen-bond acceptors (Lipinski definition) is 5. The fourth-order valence-electron chi connectivity index (χ4n) is 7.39. The van der Waals surface area contributed by atoms with Crippen molar-refractivity contribution in [3.8, 4) is 0 Å². The minimum absolute atomic E-state index is 0.0373. The van der Waals surface area contributed by atoms with Gasteiger partial charge in [0.2, 0.25) is 11.8 Å². The van der Waals surface area contributed by atoms with E-state index < -0.39 is 17.4 Å². The molecule has 3 heterocycles. The molecule has 8 nitrogen and oxygen atoms in total. The molecule has 3 aliphatic rings. The van der Waals surface area contributed by atoms with Crippen molar-refractivity contribution >= 4 is 46.4 Å². The van der Waals surface area contributed by atoms with Gasteiger partial charge in [0.05, 0.1) is 30.6 Å². The molecule has 3 atom stereocenters. The lowest BCUT2D eigenvalue weighted by molar-refractivity contribution is -0.139. The van der Waals surface area contributed by atoms with E-state index in [1.165, 1.54) is 0 Å². The Morgan fingerprint density at radius 2 is 1.65 bits per heavy atom. The van der Waals surface area contributed by atoms with E-state index in [1.807, 2.05) is 72.8 Å². The van der Waals surface area contributed by atoms with Crippen LogP contribution in [0.2, 0.25) is 5.02 Å². The maximum absolute atomic E-state index is 14.1. The molecule has 0 spiro atoms. The van der Waals surface area contributed by atoms with E-state index in [2.05, 4.69) is 0 Å². The zero-order valence-corrected chi connectivity index (χ0v) is 28.0. The summed E-state index contributed by atoms with van der Waals surface area (Å²) in [5.41, 5.74) is 4.87. The second kappa shape index (κ2) is 13.3. The lowest BCUT2D eigenvalue weighted by Gasteiger charge is -2.36. The van der Waals surface area contributed by atoms with Gasteiger partial charge in [0, 0.05) is 41.6 Å². The van der Waals surface area contributed by atoms with E-state index in [1.54, 1.807) is 52.0 Å². The predicted molar refractivity (Wildman–Crippen MR) is 189 cm³/mol. The summed E-state index contributed by atoms with van der Waals surface area (Å²) in [6.07, 6.45) is 5.21. The minimum atomic E-state index is -1.90. The van der Waals surface area contributed by atoms with Crippen molar-refractivity contribution in [1.29, 1.82) is 0 Å². The largest absolute Gasteiger partial charge is 0.394 e. The predicted octanol–water partition coefficient (Wildman–Crippen LogP) is 6.21. The van der Waals surface area contributed by atoms with Gasteiger partial charge in [-0.2, -0.15) is 0 Å². The normalized spacial score (nSPS) is 20.7. The number of benzene rings is 4. The summed E-state index contributed by atoms with van der Waals surface area (Å²) >= 11 is 6.38. The molecule has 7 rings (SSSR count). The Balaban J connectivity index is 1.08. The van der Waals surface area contributed by atoms with Gasteiger partial charge >= 0.3 is 0 Å². The van der Waals surface area contributed by atoms with Gasteiger partial charge in [-0.15, -0.1) is 0 Å². The van der Waals surface area contributed by atoms with Crippen molar-refractivity contribution < 1.29 is 24.6 Å². The van der Waals surface area contributed by atoms with Crippen LogP contribution in [0.3, 0.4) is 0 Å². The monoisotopic (exact) mass is 675 g/mol. The van der Waals surface area contributed by atoms with Crippen LogP contribution >= 0.6 is 11.6 Å². The summed E-state index contributed by atoms with van der Waals surface area (Å²) in [4.78, 5) is 45.4. The Kier molecular flexibility index (Phi) is 8.88. The number of halogens is 1. The number of fused-ring (bicyclic) bond motifs is 3. The van der Waals surface area contributed by atoms with Crippen LogP contribution in [0.25, 0.3) is 0 Å². The third-order valence-electron chi connectivity index (χ3n) is 10.1. The molecular weight excluding hydrogens is 638 g/mol. The lowest BCUT2D eigenvalue weighted by atomic mass is 9.83. The SMILES string of the molecule is C[C@H](/C=C/CC(=O)N1Cc2ccccc2C[C@H]1CO)[C@@]1(O)C(=O)N(Cc2ccc(N3C(=O)CCc4ccccc43)cc2)c2ccc(Cl)cc21. The number of nitrogens with zero attached hydrogens (tertiary/aromatic N) is 3. The smallest absolute Gasteiger partial charge is 0.264 e. The topological polar surface area (TPSA) is 101 Å². The van der Waals surface area contributed by atoms with E-state index in [0.717, 1.165) is 33.6 Å². The van der Waals surface area contributed by atoms with Gasteiger partial charge in [-0.3, -0.25) is 19.3 Å². The van der Waals surface area contributed by atoms with Crippen LogP contribution in [-0.4, -0.2) is 45.5 Å². The Morgan fingerprint density at radius 3 is 2.41 bits per heavy atom. The van der Waals surface area contributed by atoms with Gasteiger partial charge in [0.15, 0.2) is 5.60 Å². The molecule has 3 aliphatic heterocycles. The molecule has 3 amide bonds. The second-order valence-corrected chi connectivity index (χ2v) is 13.5. The van der Waals surface area contributed by atoms with Crippen LogP contribution in [-0.2, 0) is 45.9 Å². The average Bonchev–Trinajstić information content (AvgIpc) is 3.33. The molecule has 0 radical (unpaired) electrons. The third-order valence-corrected chi connectivity index (χ3v) is 10.4. The molecule has 9 heteroatoms. The van der Waals surface area contributed by atoms with Gasteiger partial charge in [0.1, 0.15) is 0 Å². The Labute approximate surface area is 290 Å². The molecule has 0 fully saturated rings. The number of rotatable bonds is 8. The molecule has 49 heavy (non-hydrogen) atoms. The fourth-order valence-corrected chi connectivity index (χ4v) is 7.56. The number of aryl methyl sites for hydroxylation is 1. The third kappa shape index (κ3) is 5.94. The molecule has 2 N–H and O–H groups in total. The number of aliphatic hydroxyl groups excluding tert-OH is 1. The molecule has 4 aromatic rings. The van der Waals surface area contributed by atoms with Gasteiger partial charge < -0.3 is 20.0 Å². The van der Waals surface area contributed by atoms with Crippen LogP contribution in [0, 0.1) is 5.92 Å². The molecule has 0 saturated heterocycles. The van der Waals surface area contributed by atoms with Gasteiger partial charge in [-0.25, -0.2) is 0 Å². The number of para-hydroxylation sites is 1. The van der Waals surface area contributed by atoms with Gasteiger partial charge in [0.25, 0.3) is 5.91 Å². The molecule has 0 saturated carbocycles. The second-order valence-electron chi connectivity index (χ2n) is 13.1. The van der Waals surface area contributed by atoms with Crippen LogP contribution in [0.5, 0.6) is 0 Å². The van der Waals surface area contributed by atoms with E-state index in [-0.39, 0.29) is 37.4 Å². The maximum Gasteiger partial charge on any atom is 0.264 e. The highest BCUT2D eigenvalue weighted by atomic mass is 35.5. The van der Waals surface area contributed by atoms with E-state index in [0.29, 0.717) is 42.1 Å². The number of aliphatic hydroxyl groups is 2. The van der Waals surface area contributed by atoms with E-state index in [4.69, 9.17) is 11.6 Å². The van der Waals surface area contributed by atoms with Crippen molar-refractivity contribution in [3.05, 3.63) is 136 Å². The quantitative estimate of drug-likeness (QED) is 0.216. The van der Waals surface area contributed by atoms with Crippen molar-refractivity contribution in [2.45, 2.75) is 57.3 Å². The van der Waals surface area contributed by atoms with Crippen LogP contribution in [0.15, 0.2) is 103 Å². The molecule has 250 valence electrons. The number of carbonyl (C=O) groups excluding carboxylic acids is 3. The summed E-state index contributed by atoms with van der Waals surface area (Å²) in [5.74, 6) is -1.26. The zero-order valence-electron chi connectivity index (χ0n) is 27.3. The van der Waals surface area contributed by atoms with E-state index in [9.17, 15) is 24.6 Å². The molecule has 0 aliphatic carbocycles. The Bertz CT molecular complexity index is 1960. The summed E-state index contributed by atoms with van der Waals surface area (Å²) in [7, 11) is 0. The number of hydrogen-bond donors (Lipinski definition) is 2. The highest BCUT2D eigenvalue weighted by Crippen LogP contribution is 2.47. The van der Waals surface area contributed by atoms with Crippen molar-refractivity contribution in [3.63, 3.8) is 0 Å². The molecule has 0 bridgehead atoms. The molecule has 0 aromatic heterocycles. The first-order chi connectivity index (χ1) is 23.7. The number of anilines is 3. The first-order valence-corrected chi connectivity index (χ1v) is 17.0. The van der Waals surface area contributed by atoms with Gasteiger partial charge in [-0.05, 0) is 71.5 Å². The van der Waals surface area contributed by atoms with Crippen LogP contribution in [0.4, 0.5) is 17.1 Å². The Hall–Kier alpha value is -4.76. The fraction of sp³-hybridized carbons (Fsp3) is 0.275. The first-order valence-electron chi connectivity index (χ1n) is 16.7. The standard InChI is InChI=1S/C40H38ClN3O5/c1-26(7-6-12-37(46)42-24-30-10-3-2-9-29(30)21-33(42)25-45)40(49)34-22-31(41)16-19-36(34)43(39(40)48)23-27-13-17-32(18-14-27)44-35-11-5-4-8-28(35)15-20-38(44)47/h2-11,13-14,16-19,22,26,33,45,49H,12,15,20-21,23-25H2,1H3/b7-6+/t26-,33+,40+/m1/s1. The van der Waals surface area contributed by atoms with Crippen LogP contribution < -0.4 is 9.80 Å². The summed E-state index contributed by atoms with van der Waals surface area (Å²) in [6, 6.07) is 28.2. The summed E-state index contributed by atoms with van der Waals surface area (Å²) in [6.45, 7) is 2.25. The summed E-state index contributed by atoms with van der Waals surface area (Å²) < 4.78 is 0. The molecule has 4 aromatic carbocycles. The van der Waals surface area contributed by atoms with Crippen LogP contribution in [0.1, 0.15) is 47.6 Å². The van der Waals surface area contributed by atoms with E-state index >= 15 is 0 Å². The zero-order chi connectivity index (χ0) is 34.3. The van der Waals surface area contributed by atoms with Crippen molar-refractivity contribution in [1.82, 2.24) is 4.90 Å². The molecule has 0 unspecified atom stereocenters. The van der Waals surface area contributed by atoms with Crippen molar-refractivity contribution in [2.75, 3.05) is 16.4 Å². The number of amides is 3. The van der Waals surface area contributed by atoms with Crippen molar-refractivity contribution in [2.24, 2.45) is 5.92 Å². The summed E-state index contributed by atoms with van der Waals surface area (Å²) in [5, 5.41) is 22.5. The number of carbonyl (C=O) groups is 3. The minimum Gasteiger partial charge on any atom is -0.394 e. The highest BCUT2D eigenvalue weighted by Gasteiger charge is 2.52.